The first-order chi connectivity index (χ1) is 11.0. The number of nitrogens with one attached hydrogen (secondary N) is 1. The lowest BCUT2D eigenvalue weighted by Gasteiger charge is -2.12. The molecule has 3 rings (SSSR count). The molecule has 0 radical (unpaired) electrons. The van der Waals surface area contributed by atoms with Gasteiger partial charge in [0.2, 0.25) is 0 Å². The van der Waals surface area contributed by atoms with E-state index in [1.54, 1.807) is 31.2 Å². The van der Waals surface area contributed by atoms with Gasteiger partial charge in [0, 0.05) is 5.56 Å². The van der Waals surface area contributed by atoms with E-state index in [2.05, 4.69) is 9.97 Å². The molecule has 118 valence electrons. The Hall–Kier alpha value is -2.76. The summed E-state index contributed by atoms with van der Waals surface area (Å²) >= 11 is 0. The number of rotatable bonds is 3. The molecule has 3 aromatic rings. The topological polar surface area (TPSA) is 55.0 Å². The quantitative estimate of drug-likeness (QED) is 0.803. The van der Waals surface area contributed by atoms with Crippen molar-refractivity contribution < 1.29 is 13.5 Å². The van der Waals surface area contributed by atoms with E-state index < -0.39 is 17.2 Å². The standard InChI is InChI=1S/C17H14F2N2O2/c1-3-23-13-8-11(15(19)14(18)9(13)2)16-20-12-7-5-4-6-10(12)17(22)21-16/h4-8H,3H2,1-2H3,(H,20,21,22). The van der Waals surface area contributed by atoms with E-state index >= 15 is 0 Å². The average molecular weight is 316 g/mol. The van der Waals surface area contributed by atoms with Gasteiger partial charge in [-0.05, 0) is 32.0 Å². The number of hydrogen-bond acceptors (Lipinski definition) is 3. The predicted octanol–water partition coefficient (Wildman–Crippen LogP) is 3.58. The van der Waals surface area contributed by atoms with Crippen molar-refractivity contribution in [3.8, 4) is 17.1 Å². The van der Waals surface area contributed by atoms with Crippen molar-refractivity contribution in [3.05, 3.63) is 57.9 Å². The van der Waals surface area contributed by atoms with Crippen LogP contribution < -0.4 is 10.3 Å². The summed E-state index contributed by atoms with van der Waals surface area (Å²) in [6, 6.07) is 8.03. The van der Waals surface area contributed by atoms with Crippen LogP contribution in [0.1, 0.15) is 12.5 Å². The first kappa shape index (κ1) is 15.1. The maximum absolute atomic E-state index is 14.3. The molecular formula is C17H14F2N2O2. The van der Waals surface area contributed by atoms with Crippen LogP contribution in [0.15, 0.2) is 35.1 Å². The molecule has 0 unspecified atom stereocenters. The second-order valence-corrected chi connectivity index (χ2v) is 5.04. The number of hydrogen-bond donors (Lipinski definition) is 1. The van der Waals surface area contributed by atoms with Crippen LogP contribution in [-0.2, 0) is 0 Å². The van der Waals surface area contributed by atoms with E-state index in [-0.39, 0.29) is 22.7 Å². The van der Waals surface area contributed by atoms with Crippen molar-refractivity contribution in [2.45, 2.75) is 13.8 Å². The summed E-state index contributed by atoms with van der Waals surface area (Å²) in [6.07, 6.45) is 0. The van der Waals surface area contributed by atoms with Crippen LogP contribution in [0.5, 0.6) is 5.75 Å². The number of H-pyrrole nitrogens is 1. The smallest absolute Gasteiger partial charge is 0.259 e. The molecular weight excluding hydrogens is 302 g/mol. The highest BCUT2D eigenvalue weighted by molar-refractivity contribution is 5.79. The zero-order chi connectivity index (χ0) is 16.6. The molecule has 4 nitrogen and oxygen atoms in total. The van der Waals surface area contributed by atoms with Gasteiger partial charge in [0.15, 0.2) is 11.6 Å². The zero-order valence-electron chi connectivity index (χ0n) is 12.6. The minimum absolute atomic E-state index is 0.0361. The van der Waals surface area contributed by atoms with E-state index in [9.17, 15) is 13.6 Å². The lowest BCUT2D eigenvalue weighted by Crippen LogP contribution is -2.11. The Bertz CT molecular complexity index is 951. The largest absolute Gasteiger partial charge is 0.493 e. The summed E-state index contributed by atoms with van der Waals surface area (Å²) in [6.45, 7) is 3.49. The fourth-order valence-corrected chi connectivity index (χ4v) is 2.39. The van der Waals surface area contributed by atoms with Crippen molar-refractivity contribution >= 4 is 10.9 Å². The number of benzene rings is 2. The van der Waals surface area contributed by atoms with Gasteiger partial charge in [-0.25, -0.2) is 13.8 Å². The lowest BCUT2D eigenvalue weighted by atomic mass is 10.1. The number of aromatic nitrogens is 2. The van der Waals surface area contributed by atoms with Crippen LogP contribution in [0.4, 0.5) is 8.78 Å². The van der Waals surface area contributed by atoms with Crippen LogP contribution in [-0.4, -0.2) is 16.6 Å². The molecule has 0 amide bonds. The van der Waals surface area contributed by atoms with Crippen molar-refractivity contribution in [1.82, 2.24) is 9.97 Å². The van der Waals surface area contributed by atoms with Gasteiger partial charge >= 0.3 is 0 Å². The van der Waals surface area contributed by atoms with Crippen molar-refractivity contribution in [2.75, 3.05) is 6.61 Å². The van der Waals surface area contributed by atoms with Gasteiger partial charge in [-0.3, -0.25) is 4.79 Å². The molecule has 0 bridgehead atoms. The second-order valence-electron chi connectivity index (χ2n) is 5.04. The molecule has 1 aromatic heterocycles. The Morgan fingerprint density at radius 3 is 2.70 bits per heavy atom. The van der Waals surface area contributed by atoms with Gasteiger partial charge in [-0.15, -0.1) is 0 Å². The summed E-state index contributed by atoms with van der Waals surface area (Å²) in [5.74, 6) is -1.89. The van der Waals surface area contributed by atoms with Crippen LogP contribution in [0, 0.1) is 18.6 Å². The minimum Gasteiger partial charge on any atom is -0.493 e. The van der Waals surface area contributed by atoms with Gasteiger partial charge < -0.3 is 9.72 Å². The Balaban J connectivity index is 2.28. The van der Waals surface area contributed by atoms with E-state index in [0.29, 0.717) is 17.5 Å². The number of ether oxygens (including phenoxy) is 1. The molecule has 2 aromatic carbocycles. The number of para-hydroxylation sites is 1. The highest BCUT2D eigenvalue weighted by atomic mass is 19.2. The summed E-state index contributed by atoms with van der Waals surface area (Å²) in [5, 5.41) is 0.384. The zero-order valence-corrected chi connectivity index (χ0v) is 12.6. The van der Waals surface area contributed by atoms with Crippen molar-refractivity contribution in [2.24, 2.45) is 0 Å². The molecule has 23 heavy (non-hydrogen) atoms. The molecule has 0 fully saturated rings. The van der Waals surface area contributed by atoms with Gasteiger partial charge in [0.1, 0.15) is 11.6 Å². The Morgan fingerprint density at radius 2 is 1.96 bits per heavy atom. The van der Waals surface area contributed by atoms with E-state index in [0.717, 1.165) is 0 Å². The summed E-state index contributed by atoms with van der Waals surface area (Å²) < 4.78 is 33.7. The molecule has 1 heterocycles. The normalized spacial score (nSPS) is 11.0. The molecule has 0 aliphatic heterocycles. The molecule has 0 spiro atoms. The SMILES string of the molecule is CCOc1cc(-c2nc3ccccc3c(=O)[nH]2)c(F)c(F)c1C. The Morgan fingerprint density at radius 1 is 1.22 bits per heavy atom. The fraction of sp³-hybridized carbons (Fsp3) is 0.176. The van der Waals surface area contributed by atoms with Crippen molar-refractivity contribution in [3.63, 3.8) is 0 Å². The maximum atomic E-state index is 14.3. The molecule has 0 atom stereocenters. The van der Waals surface area contributed by atoms with Gasteiger partial charge in [0.05, 0.1) is 23.1 Å². The van der Waals surface area contributed by atoms with Crippen LogP contribution in [0.3, 0.4) is 0 Å². The van der Waals surface area contributed by atoms with Gasteiger partial charge in [0.25, 0.3) is 5.56 Å². The third-order valence-corrected chi connectivity index (χ3v) is 3.57. The predicted molar refractivity (Wildman–Crippen MR) is 83.6 cm³/mol. The van der Waals surface area contributed by atoms with Crippen LogP contribution in [0.2, 0.25) is 0 Å². The van der Waals surface area contributed by atoms with E-state index in [1.165, 1.54) is 13.0 Å². The monoisotopic (exact) mass is 316 g/mol. The fourth-order valence-electron chi connectivity index (χ4n) is 2.39. The number of fused-ring (bicyclic) bond motifs is 1. The highest BCUT2D eigenvalue weighted by Gasteiger charge is 2.19. The summed E-state index contributed by atoms with van der Waals surface area (Å²) in [5.41, 5.74) is -0.0656. The summed E-state index contributed by atoms with van der Waals surface area (Å²) in [7, 11) is 0. The van der Waals surface area contributed by atoms with Gasteiger partial charge in [-0.1, -0.05) is 12.1 Å². The molecule has 1 N–H and O–H groups in total. The van der Waals surface area contributed by atoms with E-state index in [4.69, 9.17) is 4.74 Å². The van der Waals surface area contributed by atoms with Crippen LogP contribution in [0.25, 0.3) is 22.3 Å². The molecule has 0 saturated heterocycles. The highest BCUT2D eigenvalue weighted by Crippen LogP contribution is 2.31. The van der Waals surface area contributed by atoms with Gasteiger partial charge in [-0.2, -0.15) is 0 Å². The third-order valence-electron chi connectivity index (χ3n) is 3.57. The third kappa shape index (κ3) is 2.56. The molecule has 0 aliphatic rings. The lowest BCUT2D eigenvalue weighted by molar-refractivity contribution is 0.333. The minimum atomic E-state index is -1.07. The molecule has 0 saturated carbocycles. The van der Waals surface area contributed by atoms with Crippen molar-refractivity contribution in [1.29, 1.82) is 0 Å². The first-order valence-corrected chi connectivity index (χ1v) is 7.13. The Kier molecular flexibility index (Phi) is 3.82. The van der Waals surface area contributed by atoms with E-state index in [1.807, 2.05) is 0 Å². The Labute approximate surface area is 130 Å². The summed E-state index contributed by atoms with van der Waals surface area (Å²) in [4.78, 5) is 18.8. The number of halogens is 2. The maximum Gasteiger partial charge on any atom is 0.259 e. The molecule has 0 aliphatic carbocycles. The molecule has 6 heteroatoms. The second kappa shape index (κ2) is 5.79. The first-order valence-electron chi connectivity index (χ1n) is 7.13. The number of nitrogens with zero attached hydrogens (tertiary/aromatic N) is 1. The van der Waals surface area contributed by atoms with Crippen LogP contribution >= 0.6 is 0 Å². The number of aromatic amines is 1. The average Bonchev–Trinajstić information content (AvgIpc) is 2.55.